The smallest absolute Gasteiger partial charge is 0.115 e. The number of rotatable bonds is 11. The van der Waals surface area contributed by atoms with Gasteiger partial charge in [-0.25, -0.2) is 0 Å². The van der Waals surface area contributed by atoms with Crippen LogP contribution in [0.1, 0.15) is 64.4 Å². The summed E-state index contributed by atoms with van der Waals surface area (Å²) in [7, 11) is 0. The van der Waals surface area contributed by atoms with Gasteiger partial charge >= 0.3 is 0 Å². The van der Waals surface area contributed by atoms with E-state index < -0.39 is 0 Å². The van der Waals surface area contributed by atoms with Gasteiger partial charge in [0, 0.05) is 6.04 Å². The molecule has 0 bridgehead atoms. The fraction of sp³-hybridized carbons (Fsp3) is 0.667. The Labute approximate surface area is 124 Å². The third-order valence-corrected chi connectivity index (χ3v) is 3.83. The maximum atomic E-state index is 9.24. The fourth-order valence-corrected chi connectivity index (χ4v) is 2.40. The highest BCUT2D eigenvalue weighted by molar-refractivity contribution is 5.25. The number of benzene rings is 1. The van der Waals surface area contributed by atoms with E-state index in [1.807, 2.05) is 12.1 Å². The first kappa shape index (κ1) is 17.0. The third-order valence-electron chi connectivity index (χ3n) is 3.83. The first-order chi connectivity index (χ1) is 9.72. The molecular weight excluding hydrogens is 246 g/mol. The Balaban J connectivity index is 2.00. The molecule has 0 aliphatic heterocycles. The van der Waals surface area contributed by atoms with Crippen molar-refractivity contribution in [1.82, 2.24) is 5.32 Å². The molecule has 0 aliphatic rings. The number of hydrogen-bond donors (Lipinski definition) is 2. The Hall–Kier alpha value is -1.02. The average Bonchev–Trinajstić information content (AvgIpc) is 2.46. The van der Waals surface area contributed by atoms with E-state index in [0.717, 1.165) is 19.4 Å². The van der Waals surface area contributed by atoms with Gasteiger partial charge in [0.05, 0.1) is 0 Å². The lowest BCUT2D eigenvalue weighted by Crippen LogP contribution is -2.27. The minimum atomic E-state index is 0.350. The molecule has 2 N–H and O–H groups in total. The molecule has 20 heavy (non-hydrogen) atoms. The quantitative estimate of drug-likeness (QED) is 0.576. The lowest BCUT2D eigenvalue weighted by atomic mass is 10.1. The molecule has 0 saturated heterocycles. The zero-order chi connectivity index (χ0) is 14.6. The van der Waals surface area contributed by atoms with Gasteiger partial charge < -0.3 is 10.4 Å². The molecule has 2 heteroatoms. The van der Waals surface area contributed by atoms with Crippen LogP contribution in [0.15, 0.2) is 24.3 Å². The predicted octanol–water partition coefficient (Wildman–Crippen LogP) is 4.66. The summed E-state index contributed by atoms with van der Waals surface area (Å²) >= 11 is 0. The van der Waals surface area contributed by atoms with Gasteiger partial charge in [-0.15, -0.1) is 0 Å². The Kier molecular flexibility index (Phi) is 9.14. The van der Waals surface area contributed by atoms with Crippen molar-refractivity contribution in [2.75, 3.05) is 6.54 Å². The second-order valence-electron chi connectivity index (χ2n) is 5.83. The van der Waals surface area contributed by atoms with Gasteiger partial charge in [0.2, 0.25) is 0 Å². The number of phenolic OH excluding ortho intramolecular Hbond substituents is 1. The van der Waals surface area contributed by atoms with Crippen molar-refractivity contribution in [3.05, 3.63) is 29.8 Å². The van der Waals surface area contributed by atoms with E-state index in [-0.39, 0.29) is 0 Å². The summed E-state index contributed by atoms with van der Waals surface area (Å²) in [5, 5.41) is 12.8. The summed E-state index contributed by atoms with van der Waals surface area (Å²) in [4.78, 5) is 0. The van der Waals surface area contributed by atoms with Crippen LogP contribution < -0.4 is 5.32 Å². The van der Waals surface area contributed by atoms with Crippen molar-refractivity contribution in [3.63, 3.8) is 0 Å². The highest BCUT2D eigenvalue weighted by Gasteiger charge is 2.02. The van der Waals surface area contributed by atoms with Crippen LogP contribution in [0.25, 0.3) is 0 Å². The Bertz CT molecular complexity index is 334. The molecule has 1 atom stereocenters. The fourth-order valence-electron chi connectivity index (χ4n) is 2.40. The number of aryl methyl sites for hydroxylation is 1. The molecule has 1 rings (SSSR count). The van der Waals surface area contributed by atoms with Gasteiger partial charge in [0.25, 0.3) is 0 Å². The molecule has 0 saturated carbocycles. The molecule has 0 radical (unpaired) electrons. The van der Waals surface area contributed by atoms with E-state index in [1.165, 1.54) is 44.1 Å². The first-order valence-electron chi connectivity index (χ1n) is 8.23. The van der Waals surface area contributed by atoms with Crippen LogP contribution in [0.5, 0.6) is 5.75 Å². The van der Waals surface area contributed by atoms with Gasteiger partial charge in [-0.2, -0.15) is 0 Å². The molecule has 0 amide bonds. The van der Waals surface area contributed by atoms with Gasteiger partial charge in [0.1, 0.15) is 5.75 Å². The highest BCUT2D eigenvalue weighted by atomic mass is 16.3. The maximum absolute atomic E-state index is 9.24. The van der Waals surface area contributed by atoms with Crippen LogP contribution in [-0.4, -0.2) is 17.7 Å². The number of aromatic hydroxyl groups is 1. The second kappa shape index (κ2) is 10.7. The molecule has 0 aliphatic carbocycles. The summed E-state index contributed by atoms with van der Waals surface area (Å²) < 4.78 is 0. The molecule has 1 aromatic rings. The predicted molar refractivity (Wildman–Crippen MR) is 87.3 cm³/mol. The number of hydrogen-bond acceptors (Lipinski definition) is 2. The van der Waals surface area contributed by atoms with E-state index in [0.29, 0.717) is 11.8 Å². The summed E-state index contributed by atoms with van der Waals surface area (Å²) in [5.41, 5.74) is 1.30. The molecule has 114 valence electrons. The molecule has 0 spiro atoms. The monoisotopic (exact) mass is 277 g/mol. The summed E-state index contributed by atoms with van der Waals surface area (Å²) in [6.45, 7) is 5.66. The number of unbranched alkanes of at least 4 members (excludes halogenated alkanes) is 5. The first-order valence-corrected chi connectivity index (χ1v) is 8.23. The topological polar surface area (TPSA) is 32.3 Å². The van der Waals surface area contributed by atoms with Crippen molar-refractivity contribution in [2.24, 2.45) is 0 Å². The van der Waals surface area contributed by atoms with Crippen LogP contribution in [0.3, 0.4) is 0 Å². The summed E-state index contributed by atoms with van der Waals surface area (Å²) in [5.74, 6) is 0.350. The maximum Gasteiger partial charge on any atom is 0.115 e. The molecule has 0 heterocycles. The standard InChI is InChI=1S/C18H31NO/c1-3-4-5-6-7-8-15-19-16(2)9-10-17-11-13-18(20)14-12-17/h11-14,16,19-20H,3-10,15H2,1-2H3. The third kappa shape index (κ3) is 8.21. The van der Waals surface area contributed by atoms with Crippen molar-refractivity contribution in [2.45, 2.75) is 71.3 Å². The molecule has 0 fully saturated rings. The van der Waals surface area contributed by atoms with E-state index in [1.54, 1.807) is 12.1 Å². The number of phenols is 1. The average molecular weight is 277 g/mol. The molecule has 1 unspecified atom stereocenters. The van der Waals surface area contributed by atoms with Crippen LogP contribution in [-0.2, 0) is 6.42 Å². The zero-order valence-corrected chi connectivity index (χ0v) is 13.2. The van der Waals surface area contributed by atoms with Crippen molar-refractivity contribution < 1.29 is 5.11 Å². The minimum Gasteiger partial charge on any atom is -0.508 e. The van der Waals surface area contributed by atoms with Crippen molar-refractivity contribution in [1.29, 1.82) is 0 Å². The van der Waals surface area contributed by atoms with E-state index in [4.69, 9.17) is 0 Å². The van der Waals surface area contributed by atoms with E-state index >= 15 is 0 Å². The molecule has 2 nitrogen and oxygen atoms in total. The normalized spacial score (nSPS) is 12.5. The lowest BCUT2D eigenvalue weighted by Gasteiger charge is -2.13. The zero-order valence-electron chi connectivity index (χ0n) is 13.2. The summed E-state index contributed by atoms with van der Waals surface area (Å²) in [6.07, 6.45) is 10.4. The molecule has 0 aromatic heterocycles. The summed E-state index contributed by atoms with van der Waals surface area (Å²) in [6, 6.07) is 8.12. The van der Waals surface area contributed by atoms with Crippen LogP contribution in [0.2, 0.25) is 0 Å². The SMILES string of the molecule is CCCCCCCCNC(C)CCc1ccc(O)cc1. The Morgan fingerprint density at radius 1 is 1.00 bits per heavy atom. The number of nitrogens with one attached hydrogen (secondary N) is 1. The molecular formula is C18H31NO. The largest absolute Gasteiger partial charge is 0.508 e. The van der Waals surface area contributed by atoms with Gasteiger partial charge in [-0.05, 0) is 50.4 Å². The highest BCUT2D eigenvalue weighted by Crippen LogP contribution is 2.12. The van der Waals surface area contributed by atoms with Gasteiger partial charge in [-0.1, -0.05) is 51.2 Å². The van der Waals surface area contributed by atoms with Crippen molar-refractivity contribution >= 4 is 0 Å². The van der Waals surface area contributed by atoms with Crippen LogP contribution >= 0.6 is 0 Å². The van der Waals surface area contributed by atoms with Gasteiger partial charge in [0.15, 0.2) is 0 Å². The van der Waals surface area contributed by atoms with Crippen molar-refractivity contribution in [3.8, 4) is 5.75 Å². The van der Waals surface area contributed by atoms with Gasteiger partial charge in [-0.3, -0.25) is 0 Å². The minimum absolute atomic E-state index is 0.350. The molecule has 1 aromatic carbocycles. The second-order valence-corrected chi connectivity index (χ2v) is 5.83. The Morgan fingerprint density at radius 3 is 2.35 bits per heavy atom. The van der Waals surface area contributed by atoms with E-state index in [2.05, 4.69) is 19.2 Å². The Morgan fingerprint density at radius 2 is 1.65 bits per heavy atom. The van der Waals surface area contributed by atoms with Crippen LogP contribution in [0, 0.1) is 0 Å². The van der Waals surface area contributed by atoms with Crippen LogP contribution in [0.4, 0.5) is 0 Å². The lowest BCUT2D eigenvalue weighted by molar-refractivity contribution is 0.474. The van der Waals surface area contributed by atoms with E-state index in [9.17, 15) is 5.11 Å².